The minimum Gasteiger partial charge on any atom is -0.416 e. The topological polar surface area (TPSA) is 59.2 Å². The van der Waals surface area contributed by atoms with Gasteiger partial charge in [-0.15, -0.1) is 10.2 Å². The van der Waals surface area contributed by atoms with Crippen molar-refractivity contribution in [3.05, 3.63) is 5.89 Å². The van der Waals surface area contributed by atoms with Gasteiger partial charge in [0, 0.05) is 12.2 Å². The summed E-state index contributed by atoms with van der Waals surface area (Å²) in [5.74, 6) is 0.553. The monoisotopic (exact) mass is 174 g/mol. The molecule has 1 unspecified atom stereocenters. The Kier molecular flexibility index (Phi) is 2.90. The lowest BCUT2D eigenvalue weighted by atomic mass is 10.5. The van der Waals surface area contributed by atoms with Gasteiger partial charge >= 0.3 is 0 Å². The number of rotatable bonds is 3. The summed E-state index contributed by atoms with van der Waals surface area (Å²) in [5, 5.41) is 16.7. The lowest BCUT2D eigenvalue weighted by molar-refractivity contribution is 0.299. The molecule has 0 bridgehead atoms. The van der Waals surface area contributed by atoms with Gasteiger partial charge in [-0.1, -0.05) is 18.7 Å². The van der Waals surface area contributed by atoms with E-state index in [1.54, 1.807) is 6.92 Å². The van der Waals surface area contributed by atoms with Crippen LogP contribution in [0.4, 0.5) is 0 Å². The zero-order chi connectivity index (χ0) is 8.27. The minimum absolute atomic E-state index is 0.106. The van der Waals surface area contributed by atoms with E-state index in [0.717, 1.165) is 0 Å². The molecular formula is C6H10N2O2S. The fourth-order valence-electron chi connectivity index (χ4n) is 0.535. The summed E-state index contributed by atoms with van der Waals surface area (Å²) in [5.41, 5.74) is 0. The molecule has 11 heavy (non-hydrogen) atoms. The van der Waals surface area contributed by atoms with Crippen molar-refractivity contribution < 1.29 is 9.52 Å². The fraction of sp³-hybridized carbons (Fsp3) is 0.667. The molecule has 62 valence electrons. The molecular weight excluding hydrogens is 164 g/mol. The van der Waals surface area contributed by atoms with Crippen molar-refractivity contribution in [3.8, 4) is 0 Å². The van der Waals surface area contributed by atoms with E-state index >= 15 is 0 Å². The van der Waals surface area contributed by atoms with Crippen molar-refractivity contribution in [2.24, 2.45) is 0 Å². The first-order valence-corrected chi connectivity index (χ1v) is 4.18. The third-order valence-electron chi connectivity index (χ3n) is 1.07. The highest BCUT2D eigenvalue weighted by Gasteiger charge is 2.07. The standard InChI is InChI=1S/C6H10N2O2S/c1-4(3-9)11-6-8-7-5(2)10-6/h4,9H,3H2,1-2H3. The predicted molar refractivity (Wildman–Crippen MR) is 41.4 cm³/mol. The molecule has 1 rings (SSSR count). The SMILES string of the molecule is Cc1nnc(SC(C)CO)o1. The van der Waals surface area contributed by atoms with E-state index < -0.39 is 0 Å². The van der Waals surface area contributed by atoms with Crippen LogP contribution in [0.25, 0.3) is 0 Å². The molecule has 0 amide bonds. The second kappa shape index (κ2) is 3.73. The molecule has 0 aliphatic carbocycles. The molecule has 0 fully saturated rings. The quantitative estimate of drug-likeness (QED) is 0.688. The number of hydrogen-bond acceptors (Lipinski definition) is 5. The van der Waals surface area contributed by atoms with Crippen LogP contribution in [0, 0.1) is 6.92 Å². The Hall–Kier alpha value is -0.550. The molecule has 4 nitrogen and oxygen atoms in total. The summed E-state index contributed by atoms with van der Waals surface area (Å²) in [6, 6.07) is 0. The van der Waals surface area contributed by atoms with Crippen molar-refractivity contribution in [2.75, 3.05) is 6.61 Å². The van der Waals surface area contributed by atoms with Crippen molar-refractivity contribution in [1.29, 1.82) is 0 Å². The van der Waals surface area contributed by atoms with E-state index in [1.165, 1.54) is 11.8 Å². The first-order chi connectivity index (χ1) is 5.22. The van der Waals surface area contributed by atoms with Gasteiger partial charge in [0.1, 0.15) is 0 Å². The normalized spacial score (nSPS) is 13.4. The smallest absolute Gasteiger partial charge is 0.276 e. The molecule has 5 heteroatoms. The maximum absolute atomic E-state index is 8.69. The highest BCUT2D eigenvalue weighted by molar-refractivity contribution is 7.99. The molecule has 1 N–H and O–H groups in total. The van der Waals surface area contributed by atoms with E-state index in [0.29, 0.717) is 11.1 Å². The van der Waals surface area contributed by atoms with Crippen molar-refractivity contribution in [1.82, 2.24) is 10.2 Å². The number of aliphatic hydroxyl groups excluding tert-OH is 1. The van der Waals surface area contributed by atoms with Crippen LogP contribution < -0.4 is 0 Å². The van der Waals surface area contributed by atoms with Crippen molar-refractivity contribution in [2.45, 2.75) is 24.3 Å². The Morgan fingerprint density at radius 2 is 2.36 bits per heavy atom. The van der Waals surface area contributed by atoms with E-state index in [9.17, 15) is 0 Å². The van der Waals surface area contributed by atoms with E-state index in [1.807, 2.05) is 6.92 Å². The lowest BCUT2D eigenvalue weighted by Gasteiger charge is -2.00. The lowest BCUT2D eigenvalue weighted by Crippen LogP contribution is -2.01. The molecule has 0 aromatic carbocycles. The van der Waals surface area contributed by atoms with E-state index in [4.69, 9.17) is 9.52 Å². The van der Waals surface area contributed by atoms with E-state index in [-0.39, 0.29) is 11.9 Å². The largest absolute Gasteiger partial charge is 0.416 e. The highest BCUT2D eigenvalue weighted by atomic mass is 32.2. The Morgan fingerprint density at radius 3 is 2.82 bits per heavy atom. The third-order valence-corrected chi connectivity index (χ3v) is 1.98. The van der Waals surface area contributed by atoms with Gasteiger partial charge in [0.25, 0.3) is 5.22 Å². The summed E-state index contributed by atoms with van der Waals surface area (Å²) in [6.07, 6.45) is 0. The van der Waals surface area contributed by atoms with E-state index in [2.05, 4.69) is 10.2 Å². The van der Waals surface area contributed by atoms with Crippen LogP contribution >= 0.6 is 11.8 Å². The number of hydrogen-bond donors (Lipinski definition) is 1. The molecule has 0 saturated carbocycles. The molecule has 0 spiro atoms. The maximum Gasteiger partial charge on any atom is 0.276 e. The van der Waals surface area contributed by atoms with Crippen LogP contribution in [0.3, 0.4) is 0 Å². The number of thioether (sulfide) groups is 1. The molecule has 1 aromatic rings. The Balaban J connectivity index is 2.50. The average molecular weight is 174 g/mol. The van der Waals surface area contributed by atoms with Gasteiger partial charge < -0.3 is 9.52 Å². The minimum atomic E-state index is 0.106. The van der Waals surface area contributed by atoms with Gasteiger partial charge in [-0.25, -0.2) is 0 Å². The summed E-state index contributed by atoms with van der Waals surface area (Å²) < 4.78 is 5.09. The summed E-state index contributed by atoms with van der Waals surface area (Å²) >= 11 is 1.37. The molecule has 0 aliphatic heterocycles. The van der Waals surface area contributed by atoms with Gasteiger partial charge in [-0.3, -0.25) is 0 Å². The molecule has 1 heterocycles. The molecule has 0 aliphatic rings. The van der Waals surface area contributed by atoms with Crippen LogP contribution in [0.15, 0.2) is 9.64 Å². The zero-order valence-corrected chi connectivity index (χ0v) is 7.26. The molecule has 0 saturated heterocycles. The maximum atomic E-state index is 8.69. The Bertz CT molecular complexity index is 226. The molecule has 0 radical (unpaired) electrons. The van der Waals surface area contributed by atoms with Gasteiger partial charge in [0.2, 0.25) is 5.89 Å². The summed E-state index contributed by atoms with van der Waals surface area (Å²) in [4.78, 5) is 0. The highest BCUT2D eigenvalue weighted by Crippen LogP contribution is 2.20. The predicted octanol–water partition coefficient (Wildman–Crippen LogP) is 0.851. The average Bonchev–Trinajstić information content (AvgIpc) is 2.35. The second-order valence-corrected chi connectivity index (χ2v) is 3.59. The number of aromatic nitrogens is 2. The first kappa shape index (κ1) is 8.55. The number of aliphatic hydroxyl groups is 1. The Morgan fingerprint density at radius 1 is 1.64 bits per heavy atom. The van der Waals surface area contributed by atoms with Crippen molar-refractivity contribution in [3.63, 3.8) is 0 Å². The first-order valence-electron chi connectivity index (χ1n) is 3.30. The fourth-order valence-corrected chi connectivity index (χ4v) is 1.21. The zero-order valence-electron chi connectivity index (χ0n) is 6.44. The van der Waals surface area contributed by atoms with Crippen LogP contribution in [-0.4, -0.2) is 27.2 Å². The second-order valence-electron chi connectivity index (χ2n) is 2.20. The number of aryl methyl sites for hydroxylation is 1. The van der Waals surface area contributed by atoms with Crippen LogP contribution in [0.2, 0.25) is 0 Å². The Labute approximate surface area is 69.0 Å². The van der Waals surface area contributed by atoms with Gasteiger partial charge in [-0.2, -0.15) is 0 Å². The van der Waals surface area contributed by atoms with Gasteiger partial charge in [-0.05, 0) is 0 Å². The van der Waals surface area contributed by atoms with Crippen LogP contribution in [0.5, 0.6) is 0 Å². The number of nitrogens with zero attached hydrogens (tertiary/aromatic N) is 2. The van der Waals surface area contributed by atoms with Crippen LogP contribution in [-0.2, 0) is 0 Å². The third kappa shape index (κ3) is 2.51. The van der Waals surface area contributed by atoms with Gasteiger partial charge in [0.15, 0.2) is 0 Å². The van der Waals surface area contributed by atoms with Crippen LogP contribution in [0.1, 0.15) is 12.8 Å². The molecule has 1 atom stereocenters. The molecule has 1 aromatic heterocycles. The summed E-state index contributed by atoms with van der Waals surface area (Å²) in [7, 11) is 0. The van der Waals surface area contributed by atoms with Crippen molar-refractivity contribution >= 4 is 11.8 Å². The van der Waals surface area contributed by atoms with Gasteiger partial charge in [0.05, 0.1) is 6.61 Å². The summed E-state index contributed by atoms with van der Waals surface area (Å²) in [6.45, 7) is 3.75.